The number of nitrogens with zero attached hydrogens (tertiary/aromatic N) is 1. The van der Waals surface area contributed by atoms with Crippen LogP contribution in [0.1, 0.15) is 85.6 Å². The molecule has 3 N–H and O–H groups in total. The molecule has 8 heteroatoms. The van der Waals surface area contributed by atoms with Crippen molar-refractivity contribution in [3.63, 3.8) is 0 Å². The van der Waals surface area contributed by atoms with Gasteiger partial charge in [-0.2, -0.15) is 0 Å². The molecule has 1 aromatic rings. The summed E-state index contributed by atoms with van der Waals surface area (Å²) < 4.78 is -0.997. The van der Waals surface area contributed by atoms with Crippen LogP contribution in [0.5, 0.6) is 0 Å². The Balaban J connectivity index is 1.62. The number of aliphatic hydroxyl groups excluding tert-OH is 1. The highest BCUT2D eigenvalue weighted by Gasteiger charge is 2.77. The minimum atomic E-state index is -0.612. The van der Waals surface area contributed by atoms with Gasteiger partial charge in [-0.3, -0.25) is 14.4 Å². The van der Waals surface area contributed by atoms with Gasteiger partial charge in [0.05, 0.1) is 16.6 Å². The van der Waals surface area contributed by atoms with E-state index in [1.54, 1.807) is 16.7 Å². The van der Waals surface area contributed by atoms with Crippen molar-refractivity contribution in [2.75, 3.05) is 13.2 Å². The predicted octanol–water partition coefficient (Wildman–Crippen LogP) is 4.28. The Labute approximate surface area is 238 Å². The van der Waals surface area contributed by atoms with Crippen molar-refractivity contribution in [2.45, 2.75) is 108 Å². The molecule has 2 bridgehead atoms. The Morgan fingerprint density at radius 2 is 1.74 bits per heavy atom. The number of hydrogen-bond donors (Lipinski definition) is 3. The van der Waals surface area contributed by atoms with Gasteiger partial charge in [0.25, 0.3) is 0 Å². The topological polar surface area (TPSA) is 98.7 Å². The van der Waals surface area contributed by atoms with Crippen molar-refractivity contribution in [1.82, 2.24) is 15.5 Å². The number of benzene rings is 1. The van der Waals surface area contributed by atoms with E-state index in [1.807, 2.05) is 44.2 Å². The van der Waals surface area contributed by atoms with Crippen LogP contribution in [0.25, 0.3) is 0 Å². The first-order chi connectivity index (χ1) is 18.2. The van der Waals surface area contributed by atoms with E-state index in [1.165, 1.54) is 0 Å². The fraction of sp³-hybridized carbons (Fsp3) is 0.710. The minimum Gasteiger partial charge on any atom is -0.396 e. The summed E-state index contributed by atoms with van der Waals surface area (Å²) in [6, 6.07) is 9.20. The van der Waals surface area contributed by atoms with E-state index in [2.05, 4.69) is 38.3 Å². The zero-order valence-corrected chi connectivity index (χ0v) is 25.3. The first kappa shape index (κ1) is 29.9. The van der Waals surface area contributed by atoms with Gasteiger partial charge < -0.3 is 20.6 Å². The molecule has 3 aliphatic heterocycles. The normalized spacial score (nSPS) is 30.0. The highest BCUT2D eigenvalue weighted by atomic mass is 32.2. The molecular formula is C31H47N3O4S. The zero-order chi connectivity index (χ0) is 28.6. The molecule has 3 amide bonds. The quantitative estimate of drug-likeness (QED) is 0.353. The van der Waals surface area contributed by atoms with Gasteiger partial charge in [-0.05, 0) is 70.3 Å². The fourth-order valence-electron chi connectivity index (χ4n) is 7.61. The highest BCUT2D eigenvalue weighted by Crippen LogP contribution is 2.71. The molecule has 3 heterocycles. The van der Waals surface area contributed by atoms with Crippen molar-refractivity contribution in [3.8, 4) is 0 Å². The van der Waals surface area contributed by atoms with Crippen LogP contribution in [0.4, 0.5) is 0 Å². The lowest BCUT2D eigenvalue weighted by molar-refractivity contribution is -0.141. The number of rotatable bonds is 11. The molecule has 5 atom stereocenters. The van der Waals surface area contributed by atoms with Gasteiger partial charge in [0.2, 0.25) is 17.7 Å². The van der Waals surface area contributed by atoms with Crippen LogP contribution in [0.2, 0.25) is 0 Å². The fourth-order valence-corrected chi connectivity index (χ4v) is 9.96. The Bertz CT molecular complexity index is 1070. The average Bonchev–Trinajstić information content (AvgIpc) is 3.40. The molecule has 2 unspecified atom stereocenters. The second-order valence-corrected chi connectivity index (χ2v) is 15.8. The van der Waals surface area contributed by atoms with Gasteiger partial charge in [0, 0.05) is 30.0 Å². The number of likely N-dealkylation sites (tertiary alicyclic amines) is 1. The predicted molar refractivity (Wildman–Crippen MR) is 156 cm³/mol. The van der Waals surface area contributed by atoms with Crippen molar-refractivity contribution < 1.29 is 19.5 Å². The third-order valence-electron chi connectivity index (χ3n) is 8.61. The van der Waals surface area contributed by atoms with Crippen LogP contribution in [0.3, 0.4) is 0 Å². The van der Waals surface area contributed by atoms with Crippen molar-refractivity contribution in [1.29, 1.82) is 0 Å². The SMILES string of the molecule is CC(C)(C)CC(C)(C)NC(=O)C1N(CCCCCO)C(=O)[C@@H]2[C@@H](C(=O)NCc3ccccc3)[C@@]3(C)CCC12S3. The van der Waals surface area contributed by atoms with Crippen LogP contribution < -0.4 is 10.6 Å². The number of carbonyl (C=O) groups is 3. The summed E-state index contributed by atoms with van der Waals surface area (Å²) in [5, 5.41) is 15.7. The first-order valence-electron chi connectivity index (χ1n) is 14.5. The monoisotopic (exact) mass is 557 g/mol. The zero-order valence-electron chi connectivity index (χ0n) is 24.5. The van der Waals surface area contributed by atoms with Crippen LogP contribution in [-0.2, 0) is 20.9 Å². The number of aliphatic hydroxyl groups is 1. The molecule has 3 saturated heterocycles. The summed E-state index contributed by atoms with van der Waals surface area (Å²) in [4.78, 5) is 43.8. The number of fused-ring (bicyclic) bond motifs is 1. The molecular weight excluding hydrogens is 510 g/mol. The van der Waals surface area contributed by atoms with Crippen LogP contribution in [0, 0.1) is 17.3 Å². The molecule has 7 nitrogen and oxygen atoms in total. The minimum absolute atomic E-state index is 0.0308. The third kappa shape index (κ3) is 6.02. The molecule has 0 radical (unpaired) electrons. The van der Waals surface area contributed by atoms with Crippen molar-refractivity contribution in [2.24, 2.45) is 17.3 Å². The molecule has 1 spiro atoms. The van der Waals surface area contributed by atoms with Crippen molar-refractivity contribution in [3.05, 3.63) is 35.9 Å². The molecule has 1 aromatic carbocycles. The maximum absolute atomic E-state index is 14.2. The lowest BCUT2D eigenvalue weighted by Crippen LogP contribution is -2.58. The Hall–Kier alpha value is -2.06. The van der Waals surface area contributed by atoms with Crippen LogP contribution >= 0.6 is 11.8 Å². The van der Waals surface area contributed by atoms with Gasteiger partial charge in [-0.15, -0.1) is 11.8 Å². The third-order valence-corrected chi connectivity index (χ3v) is 10.6. The van der Waals surface area contributed by atoms with E-state index in [9.17, 15) is 19.5 Å². The van der Waals surface area contributed by atoms with Gasteiger partial charge in [-0.1, -0.05) is 51.1 Å². The number of nitrogens with one attached hydrogen (secondary N) is 2. The number of amides is 3. The number of unbranched alkanes of at least 4 members (excludes halogenated alkanes) is 2. The molecule has 3 fully saturated rings. The number of carbonyl (C=O) groups excluding carboxylic acids is 3. The Morgan fingerprint density at radius 3 is 2.38 bits per heavy atom. The van der Waals surface area contributed by atoms with Gasteiger partial charge >= 0.3 is 0 Å². The summed E-state index contributed by atoms with van der Waals surface area (Å²) in [6.07, 6.45) is 4.53. The van der Waals surface area contributed by atoms with E-state index >= 15 is 0 Å². The second-order valence-electron chi connectivity index (χ2n) is 13.9. The smallest absolute Gasteiger partial charge is 0.244 e. The number of thioether (sulfide) groups is 1. The summed E-state index contributed by atoms with van der Waals surface area (Å²) in [5.74, 6) is -1.26. The van der Waals surface area contributed by atoms with E-state index in [4.69, 9.17) is 0 Å². The second kappa shape index (κ2) is 11.1. The summed E-state index contributed by atoms with van der Waals surface area (Å²) in [6.45, 7) is 13.7. The maximum atomic E-state index is 14.2. The summed E-state index contributed by atoms with van der Waals surface area (Å²) >= 11 is 1.71. The lowest BCUT2D eigenvalue weighted by Gasteiger charge is -2.38. The van der Waals surface area contributed by atoms with Crippen LogP contribution in [0.15, 0.2) is 30.3 Å². The maximum Gasteiger partial charge on any atom is 0.244 e. The average molecular weight is 558 g/mol. The Morgan fingerprint density at radius 1 is 1.05 bits per heavy atom. The molecule has 0 aromatic heterocycles. The van der Waals surface area contributed by atoms with E-state index in [0.29, 0.717) is 19.5 Å². The van der Waals surface area contributed by atoms with Crippen molar-refractivity contribution >= 4 is 29.5 Å². The number of hydrogen-bond acceptors (Lipinski definition) is 5. The molecule has 216 valence electrons. The molecule has 39 heavy (non-hydrogen) atoms. The molecule has 3 aliphatic rings. The highest BCUT2D eigenvalue weighted by molar-refractivity contribution is 8.02. The van der Waals surface area contributed by atoms with E-state index in [-0.39, 0.29) is 34.5 Å². The van der Waals surface area contributed by atoms with Gasteiger partial charge in [0.15, 0.2) is 0 Å². The molecule has 0 aliphatic carbocycles. The molecule has 4 rings (SSSR count). The van der Waals surface area contributed by atoms with E-state index < -0.39 is 28.2 Å². The van der Waals surface area contributed by atoms with E-state index in [0.717, 1.165) is 37.7 Å². The lowest BCUT2D eigenvalue weighted by atomic mass is 9.66. The summed E-state index contributed by atoms with van der Waals surface area (Å²) in [5.41, 5.74) is 0.610. The summed E-state index contributed by atoms with van der Waals surface area (Å²) in [7, 11) is 0. The Kier molecular flexibility index (Phi) is 8.49. The van der Waals surface area contributed by atoms with Gasteiger partial charge in [-0.25, -0.2) is 0 Å². The largest absolute Gasteiger partial charge is 0.396 e. The van der Waals surface area contributed by atoms with Gasteiger partial charge in [0.1, 0.15) is 6.04 Å². The molecule has 0 saturated carbocycles. The first-order valence-corrected chi connectivity index (χ1v) is 15.3. The van der Waals surface area contributed by atoms with Crippen LogP contribution in [-0.4, -0.2) is 62.0 Å². The standard InChI is InChI=1S/C31H47N3O4S/c1-28(2,3)20-29(4,5)33-26(37)24-31-16-15-30(6,39-31)22(25(36)32-19-21-13-9-7-10-14-21)23(31)27(38)34(24)17-11-8-12-18-35/h7,9-10,13-14,22-24,35H,8,11-12,15-20H2,1-6H3,(H,32,36)(H,33,37)/t22-,23-,24?,30+,31?/m0/s1.